The highest BCUT2D eigenvalue weighted by Crippen LogP contribution is 2.19. The zero-order valence-electron chi connectivity index (χ0n) is 11.6. The van der Waals surface area contributed by atoms with Gasteiger partial charge in [-0.05, 0) is 44.1 Å². The number of nitrogens with zero attached hydrogens (tertiary/aromatic N) is 1. The summed E-state index contributed by atoms with van der Waals surface area (Å²) in [7, 11) is -3.72. The summed E-state index contributed by atoms with van der Waals surface area (Å²) in [5.74, 6) is -1.15. The third kappa shape index (κ3) is 3.93. The van der Waals surface area contributed by atoms with E-state index in [9.17, 15) is 13.2 Å². The predicted molar refractivity (Wildman–Crippen MR) is 78.7 cm³/mol. The average molecular weight is 313 g/mol. The average Bonchev–Trinajstić information content (AvgIpc) is 2.91. The van der Waals surface area contributed by atoms with Crippen LogP contribution in [0.3, 0.4) is 0 Å². The summed E-state index contributed by atoms with van der Waals surface area (Å²) < 4.78 is 26.8. The fraction of sp³-hybridized carbons (Fsp3) is 0.462. The lowest BCUT2D eigenvalue weighted by Gasteiger charge is -2.15. The summed E-state index contributed by atoms with van der Waals surface area (Å²) >= 11 is 0. The minimum atomic E-state index is -3.72. The molecule has 0 radical (unpaired) electrons. The van der Waals surface area contributed by atoms with Gasteiger partial charge in [-0.1, -0.05) is 0 Å². The number of rotatable bonds is 6. The maximum Gasteiger partial charge on any atom is 0.335 e. The van der Waals surface area contributed by atoms with Crippen molar-refractivity contribution in [2.24, 2.45) is 0 Å². The second kappa shape index (κ2) is 6.42. The first-order chi connectivity index (χ1) is 9.90. The number of nitrogens with one attached hydrogen (secondary N) is 1. The van der Waals surface area contributed by atoms with Crippen LogP contribution in [0.15, 0.2) is 23.1 Å². The Kier molecular flexibility index (Phi) is 4.81. The molecule has 0 spiro atoms. The molecule has 1 aliphatic rings. The standard InChI is InChI=1S/C13H19N3O4S/c14-11-9-10(13(17)18)3-4-12(11)21(19,20)15-5-8-16-6-1-2-7-16/h3-4,9,15H,1-2,5-8,14H2,(H,17,18). The van der Waals surface area contributed by atoms with Gasteiger partial charge in [0.05, 0.1) is 11.3 Å². The fourth-order valence-electron chi connectivity index (χ4n) is 2.35. The molecule has 0 bridgehead atoms. The van der Waals surface area contributed by atoms with E-state index in [0.717, 1.165) is 32.0 Å². The van der Waals surface area contributed by atoms with Gasteiger partial charge in [0.1, 0.15) is 4.90 Å². The molecule has 0 unspecified atom stereocenters. The third-order valence-corrected chi connectivity index (χ3v) is 5.00. The van der Waals surface area contributed by atoms with Gasteiger partial charge < -0.3 is 15.7 Å². The van der Waals surface area contributed by atoms with Gasteiger partial charge in [-0.3, -0.25) is 0 Å². The zero-order chi connectivity index (χ0) is 15.5. The summed E-state index contributed by atoms with van der Waals surface area (Å²) in [4.78, 5) is 12.9. The molecule has 0 aromatic heterocycles. The third-order valence-electron chi connectivity index (χ3n) is 3.47. The van der Waals surface area contributed by atoms with Gasteiger partial charge >= 0.3 is 5.97 Å². The maximum absolute atomic E-state index is 12.2. The molecule has 7 nitrogen and oxygen atoms in total. The number of nitrogens with two attached hydrogens (primary N) is 1. The van der Waals surface area contributed by atoms with Crippen LogP contribution in [0, 0.1) is 0 Å². The summed E-state index contributed by atoms with van der Waals surface area (Å²) in [6, 6.07) is 3.60. The van der Waals surface area contributed by atoms with Gasteiger partial charge in [0.25, 0.3) is 0 Å². The Hall–Kier alpha value is -1.64. The van der Waals surface area contributed by atoms with Gasteiger partial charge in [0.15, 0.2) is 0 Å². The second-order valence-electron chi connectivity index (χ2n) is 5.00. The molecule has 116 valence electrons. The summed E-state index contributed by atoms with van der Waals surface area (Å²) in [6.45, 7) is 2.96. The number of carbonyl (C=O) groups is 1. The molecule has 1 fully saturated rings. The molecule has 8 heteroatoms. The highest BCUT2D eigenvalue weighted by Gasteiger charge is 2.19. The first-order valence-corrected chi connectivity index (χ1v) is 8.23. The SMILES string of the molecule is Nc1cc(C(=O)O)ccc1S(=O)(=O)NCCN1CCCC1. The predicted octanol–water partition coefficient (Wildman–Crippen LogP) is 0.341. The first-order valence-electron chi connectivity index (χ1n) is 6.75. The smallest absolute Gasteiger partial charge is 0.335 e. The van der Waals surface area contributed by atoms with E-state index in [0.29, 0.717) is 13.1 Å². The number of hydrogen-bond acceptors (Lipinski definition) is 5. The van der Waals surface area contributed by atoms with E-state index in [2.05, 4.69) is 9.62 Å². The number of carboxylic acids is 1. The zero-order valence-corrected chi connectivity index (χ0v) is 12.4. The van der Waals surface area contributed by atoms with E-state index in [4.69, 9.17) is 10.8 Å². The van der Waals surface area contributed by atoms with Crippen molar-refractivity contribution < 1.29 is 18.3 Å². The van der Waals surface area contributed by atoms with E-state index in [1.807, 2.05) is 0 Å². The maximum atomic E-state index is 12.2. The van der Waals surface area contributed by atoms with Crippen molar-refractivity contribution in [1.82, 2.24) is 9.62 Å². The molecular formula is C13H19N3O4S. The van der Waals surface area contributed by atoms with Crippen LogP contribution in [0.1, 0.15) is 23.2 Å². The molecule has 1 aromatic carbocycles. The summed E-state index contributed by atoms with van der Waals surface area (Å²) in [5.41, 5.74) is 5.54. The van der Waals surface area contributed by atoms with Gasteiger partial charge in [0.2, 0.25) is 10.0 Å². The van der Waals surface area contributed by atoms with Crippen LogP contribution in [-0.2, 0) is 10.0 Å². The molecule has 4 N–H and O–H groups in total. The van der Waals surface area contributed by atoms with Crippen LogP contribution in [0.2, 0.25) is 0 Å². The van der Waals surface area contributed by atoms with E-state index in [1.54, 1.807) is 0 Å². The second-order valence-corrected chi connectivity index (χ2v) is 6.74. The van der Waals surface area contributed by atoms with Gasteiger partial charge in [0, 0.05) is 13.1 Å². The Bertz CT molecular complexity index is 624. The largest absolute Gasteiger partial charge is 0.478 e. The highest BCUT2D eigenvalue weighted by atomic mass is 32.2. The Morgan fingerprint density at radius 3 is 2.57 bits per heavy atom. The molecule has 1 saturated heterocycles. The van der Waals surface area contributed by atoms with E-state index in [-0.39, 0.29) is 16.1 Å². The van der Waals surface area contributed by atoms with E-state index < -0.39 is 16.0 Å². The van der Waals surface area contributed by atoms with Crippen molar-refractivity contribution in [1.29, 1.82) is 0 Å². The number of aromatic carboxylic acids is 1. The Balaban J connectivity index is 2.03. The normalized spacial score (nSPS) is 16.2. The molecule has 1 aliphatic heterocycles. The Labute approximate surface area is 123 Å². The van der Waals surface area contributed by atoms with Crippen LogP contribution in [0.4, 0.5) is 5.69 Å². The highest BCUT2D eigenvalue weighted by molar-refractivity contribution is 7.89. The lowest BCUT2D eigenvalue weighted by atomic mass is 10.2. The van der Waals surface area contributed by atoms with E-state index >= 15 is 0 Å². The fourth-order valence-corrected chi connectivity index (χ4v) is 3.48. The minimum absolute atomic E-state index is 0.0384. The molecule has 1 heterocycles. The lowest BCUT2D eigenvalue weighted by Crippen LogP contribution is -2.33. The monoisotopic (exact) mass is 313 g/mol. The van der Waals surface area contributed by atoms with Crippen LogP contribution in [-0.4, -0.2) is 50.6 Å². The van der Waals surface area contributed by atoms with Crippen molar-refractivity contribution in [3.05, 3.63) is 23.8 Å². The van der Waals surface area contributed by atoms with Crippen LogP contribution >= 0.6 is 0 Å². The number of nitrogen functional groups attached to an aromatic ring is 1. The van der Waals surface area contributed by atoms with Crippen molar-refractivity contribution >= 4 is 21.7 Å². The quantitative estimate of drug-likeness (QED) is 0.653. The lowest BCUT2D eigenvalue weighted by molar-refractivity contribution is 0.0697. The topological polar surface area (TPSA) is 113 Å². The number of hydrogen-bond donors (Lipinski definition) is 3. The van der Waals surface area contributed by atoms with Gasteiger partial charge in [-0.15, -0.1) is 0 Å². The van der Waals surface area contributed by atoms with Crippen LogP contribution in [0.5, 0.6) is 0 Å². The Morgan fingerprint density at radius 1 is 1.33 bits per heavy atom. The molecular weight excluding hydrogens is 294 g/mol. The summed E-state index contributed by atoms with van der Waals surface area (Å²) in [6.07, 6.45) is 2.30. The number of anilines is 1. The number of likely N-dealkylation sites (tertiary alicyclic amines) is 1. The van der Waals surface area contributed by atoms with E-state index in [1.165, 1.54) is 12.1 Å². The Morgan fingerprint density at radius 2 is 2.00 bits per heavy atom. The van der Waals surface area contributed by atoms with Crippen molar-refractivity contribution in [3.8, 4) is 0 Å². The van der Waals surface area contributed by atoms with Crippen molar-refractivity contribution in [3.63, 3.8) is 0 Å². The number of benzene rings is 1. The van der Waals surface area contributed by atoms with Crippen LogP contribution < -0.4 is 10.5 Å². The van der Waals surface area contributed by atoms with Crippen LogP contribution in [0.25, 0.3) is 0 Å². The van der Waals surface area contributed by atoms with Crippen molar-refractivity contribution in [2.45, 2.75) is 17.7 Å². The first kappa shape index (κ1) is 15.7. The molecule has 0 saturated carbocycles. The molecule has 0 atom stereocenters. The minimum Gasteiger partial charge on any atom is -0.478 e. The molecule has 0 aliphatic carbocycles. The molecule has 21 heavy (non-hydrogen) atoms. The molecule has 2 rings (SSSR count). The molecule has 0 amide bonds. The van der Waals surface area contributed by atoms with Gasteiger partial charge in [-0.25, -0.2) is 17.9 Å². The molecule has 1 aromatic rings. The van der Waals surface area contributed by atoms with Gasteiger partial charge in [-0.2, -0.15) is 0 Å². The summed E-state index contributed by atoms with van der Waals surface area (Å²) in [5, 5.41) is 8.84. The van der Waals surface area contributed by atoms with Crippen molar-refractivity contribution in [2.75, 3.05) is 31.9 Å². The number of sulfonamides is 1. The number of carboxylic acid groups (broad SMARTS) is 1.